The van der Waals surface area contributed by atoms with Gasteiger partial charge in [-0.15, -0.1) is 0 Å². The first kappa shape index (κ1) is 18.8. The van der Waals surface area contributed by atoms with Gasteiger partial charge in [-0.05, 0) is 35.9 Å². The van der Waals surface area contributed by atoms with E-state index in [-0.39, 0.29) is 10.8 Å². The molecule has 2 aromatic carbocycles. The number of fused-ring (bicyclic) bond motifs is 1. The molecular weight excluding hydrogens is 388 g/mol. The van der Waals surface area contributed by atoms with Crippen LogP contribution in [0.3, 0.4) is 0 Å². The Labute approximate surface area is 167 Å². The van der Waals surface area contributed by atoms with Gasteiger partial charge in [-0.1, -0.05) is 24.3 Å². The highest BCUT2D eigenvalue weighted by Crippen LogP contribution is 2.31. The van der Waals surface area contributed by atoms with Crippen LogP contribution in [0.15, 0.2) is 65.7 Å². The first-order valence-electron chi connectivity index (χ1n) is 8.84. The number of aromatic amines is 1. The fraction of sp³-hybridized carbons (Fsp3) is 0.0952. The number of amides is 1. The van der Waals surface area contributed by atoms with Gasteiger partial charge in [0.2, 0.25) is 5.91 Å². The average Bonchev–Trinajstić information content (AvgIpc) is 3.10. The molecule has 29 heavy (non-hydrogen) atoms. The predicted octanol–water partition coefficient (Wildman–Crippen LogP) is 3.65. The normalized spacial score (nSPS) is 11.5. The summed E-state index contributed by atoms with van der Waals surface area (Å²) in [7, 11) is -3.30. The molecule has 0 saturated heterocycles. The number of rotatable bonds is 4. The van der Waals surface area contributed by atoms with E-state index in [0.29, 0.717) is 11.3 Å². The molecular formula is C21H18N4O3S. The first-order valence-corrected chi connectivity index (χ1v) is 10.7. The largest absolute Gasteiger partial charge is 0.326 e. The van der Waals surface area contributed by atoms with Crippen molar-refractivity contribution in [1.82, 2.24) is 15.2 Å². The molecule has 0 bridgehead atoms. The third-order valence-corrected chi connectivity index (χ3v) is 5.59. The molecule has 0 spiro atoms. The van der Waals surface area contributed by atoms with Gasteiger partial charge < -0.3 is 5.32 Å². The van der Waals surface area contributed by atoms with Gasteiger partial charge in [-0.3, -0.25) is 9.89 Å². The Kier molecular flexibility index (Phi) is 4.63. The number of carbonyl (C=O) groups is 1. The van der Waals surface area contributed by atoms with E-state index in [4.69, 9.17) is 0 Å². The number of hydrogen-bond acceptors (Lipinski definition) is 5. The summed E-state index contributed by atoms with van der Waals surface area (Å²) in [5.41, 5.74) is 4.38. The zero-order chi connectivity index (χ0) is 20.6. The van der Waals surface area contributed by atoms with Crippen LogP contribution in [0, 0.1) is 0 Å². The average molecular weight is 406 g/mol. The number of nitrogens with one attached hydrogen (secondary N) is 2. The number of carbonyl (C=O) groups excluding carboxylic acids is 1. The minimum absolute atomic E-state index is 0.147. The van der Waals surface area contributed by atoms with Crippen molar-refractivity contribution < 1.29 is 13.2 Å². The Morgan fingerprint density at radius 2 is 1.76 bits per heavy atom. The van der Waals surface area contributed by atoms with Gasteiger partial charge >= 0.3 is 0 Å². The number of sulfone groups is 1. The monoisotopic (exact) mass is 406 g/mol. The van der Waals surface area contributed by atoms with Crippen LogP contribution in [-0.2, 0) is 14.6 Å². The maximum absolute atomic E-state index is 11.9. The molecule has 0 radical (unpaired) electrons. The van der Waals surface area contributed by atoms with Gasteiger partial charge in [0, 0.05) is 41.6 Å². The van der Waals surface area contributed by atoms with E-state index >= 15 is 0 Å². The lowest BCUT2D eigenvalue weighted by atomic mass is 10.0. The van der Waals surface area contributed by atoms with Crippen molar-refractivity contribution in [1.29, 1.82) is 0 Å². The molecule has 0 unspecified atom stereocenters. The van der Waals surface area contributed by atoms with Crippen molar-refractivity contribution in [3.8, 4) is 22.4 Å². The lowest BCUT2D eigenvalue weighted by molar-refractivity contribution is -0.114. The Morgan fingerprint density at radius 1 is 1.00 bits per heavy atom. The van der Waals surface area contributed by atoms with Crippen LogP contribution < -0.4 is 5.32 Å². The quantitative estimate of drug-likeness (QED) is 0.538. The van der Waals surface area contributed by atoms with Crippen LogP contribution in [0.2, 0.25) is 0 Å². The van der Waals surface area contributed by atoms with E-state index in [1.807, 2.05) is 36.4 Å². The van der Waals surface area contributed by atoms with Gasteiger partial charge in [0.15, 0.2) is 15.5 Å². The van der Waals surface area contributed by atoms with E-state index in [2.05, 4.69) is 20.5 Å². The van der Waals surface area contributed by atoms with Crippen LogP contribution >= 0.6 is 0 Å². The SMILES string of the molecule is CC(=O)Nc1cccc(-c2[nH]nc3ncc(-c4cccc(S(C)(=O)=O)c4)cc23)c1. The number of benzene rings is 2. The molecule has 0 fully saturated rings. The third kappa shape index (κ3) is 3.88. The molecule has 0 aliphatic rings. The van der Waals surface area contributed by atoms with Gasteiger partial charge in [-0.25, -0.2) is 13.4 Å². The Hall–Kier alpha value is -3.52. The van der Waals surface area contributed by atoms with Crippen molar-refractivity contribution in [2.45, 2.75) is 11.8 Å². The second-order valence-corrected chi connectivity index (χ2v) is 8.77. The van der Waals surface area contributed by atoms with Crippen LogP contribution in [0.25, 0.3) is 33.4 Å². The maximum Gasteiger partial charge on any atom is 0.221 e. The molecule has 146 valence electrons. The molecule has 0 atom stereocenters. The van der Waals surface area contributed by atoms with Gasteiger partial charge in [-0.2, -0.15) is 5.10 Å². The number of aromatic nitrogens is 3. The molecule has 0 aliphatic carbocycles. The molecule has 1 amide bonds. The molecule has 2 N–H and O–H groups in total. The Balaban J connectivity index is 1.81. The summed E-state index contributed by atoms with van der Waals surface area (Å²) < 4.78 is 23.7. The van der Waals surface area contributed by atoms with Crippen LogP contribution in [0.4, 0.5) is 5.69 Å². The molecule has 0 saturated carbocycles. The molecule has 7 nitrogen and oxygen atoms in total. The molecule has 4 aromatic rings. The van der Waals surface area contributed by atoms with E-state index in [0.717, 1.165) is 27.8 Å². The highest BCUT2D eigenvalue weighted by Gasteiger charge is 2.13. The number of hydrogen-bond donors (Lipinski definition) is 2. The van der Waals surface area contributed by atoms with E-state index in [1.165, 1.54) is 13.2 Å². The molecule has 2 heterocycles. The lowest BCUT2D eigenvalue weighted by Crippen LogP contribution is -2.05. The van der Waals surface area contributed by atoms with Crippen molar-refractivity contribution >= 4 is 32.5 Å². The zero-order valence-electron chi connectivity index (χ0n) is 15.8. The highest BCUT2D eigenvalue weighted by molar-refractivity contribution is 7.90. The van der Waals surface area contributed by atoms with Crippen molar-refractivity contribution in [2.75, 3.05) is 11.6 Å². The van der Waals surface area contributed by atoms with Crippen molar-refractivity contribution in [2.24, 2.45) is 0 Å². The predicted molar refractivity (Wildman–Crippen MR) is 112 cm³/mol. The van der Waals surface area contributed by atoms with E-state index in [9.17, 15) is 13.2 Å². The fourth-order valence-electron chi connectivity index (χ4n) is 3.14. The second kappa shape index (κ2) is 7.14. The summed E-state index contributed by atoms with van der Waals surface area (Å²) in [5, 5.41) is 10.8. The van der Waals surface area contributed by atoms with Crippen LogP contribution in [0.5, 0.6) is 0 Å². The fourth-order valence-corrected chi connectivity index (χ4v) is 3.81. The summed E-state index contributed by atoms with van der Waals surface area (Å²) >= 11 is 0. The van der Waals surface area contributed by atoms with Gasteiger partial charge in [0.1, 0.15) is 0 Å². The number of anilines is 1. The van der Waals surface area contributed by atoms with Crippen molar-refractivity contribution in [3.63, 3.8) is 0 Å². The lowest BCUT2D eigenvalue weighted by Gasteiger charge is -2.06. The number of pyridine rings is 1. The number of H-pyrrole nitrogens is 1. The van der Waals surface area contributed by atoms with E-state index < -0.39 is 9.84 Å². The smallest absolute Gasteiger partial charge is 0.221 e. The highest BCUT2D eigenvalue weighted by atomic mass is 32.2. The summed E-state index contributed by atoms with van der Waals surface area (Å²) in [5.74, 6) is -0.147. The maximum atomic E-state index is 11.9. The van der Waals surface area contributed by atoms with Gasteiger partial charge in [0.25, 0.3) is 0 Å². The van der Waals surface area contributed by atoms with Crippen molar-refractivity contribution in [3.05, 3.63) is 60.8 Å². The van der Waals surface area contributed by atoms with Gasteiger partial charge in [0.05, 0.1) is 10.6 Å². The van der Waals surface area contributed by atoms with Crippen LogP contribution in [0.1, 0.15) is 6.92 Å². The minimum atomic E-state index is -3.30. The molecule has 4 rings (SSSR count). The zero-order valence-corrected chi connectivity index (χ0v) is 16.6. The summed E-state index contributed by atoms with van der Waals surface area (Å²) in [6.45, 7) is 1.46. The molecule has 8 heteroatoms. The summed E-state index contributed by atoms with van der Waals surface area (Å²) in [6, 6.07) is 16.1. The number of nitrogens with zero attached hydrogens (tertiary/aromatic N) is 2. The minimum Gasteiger partial charge on any atom is -0.326 e. The molecule has 0 aliphatic heterocycles. The summed E-state index contributed by atoms with van der Waals surface area (Å²) in [6.07, 6.45) is 2.85. The Morgan fingerprint density at radius 3 is 2.52 bits per heavy atom. The standard InChI is InChI=1S/C21H18N4O3S/c1-13(26)23-17-7-3-6-15(9-17)20-19-11-16(12-22-21(19)25-24-20)14-5-4-8-18(10-14)29(2,27)28/h3-12H,1-2H3,(H,23,26)(H,22,24,25). The van der Waals surface area contributed by atoms with Crippen LogP contribution in [-0.4, -0.2) is 35.8 Å². The first-order chi connectivity index (χ1) is 13.8. The topological polar surface area (TPSA) is 105 Å². The molecule has 2 aromatic heterocycles. The summed E-state index contributed by atoms with van der Waals surface area (Å²) in [4.78, 5) is 16.0. The second-order valence-electron chi connectivity index (χ2n) is 6.76. The van der Waals surface area contributed by atoms with E-state index in [1.54, 1.807) is 24.4 Å². The Bertz CT molecular complexity index is 1340. The third-order valence-electron chi connectivity index (χ3n) is 4.48.